The monoisotopic (exact) mass is 304 g/mol. The maximum Gasteiger partial charge on any atom is 0.256 e. The molecule has 1 aromatic rings. The lowest BCUT2D eigenvalue weighted by molar-refractivity contribution is 0.0678. The molecule has 0 bridgehead atoms. The number of hydrogen-bond donors (Lipinski definition) is 1. The standard InChI is InChI=1S/C18H25FN2O/c1-13-4-3-11-21(12-13)18(22)16-6-2-5-15(17(16)19)14-7-9-20-10-8-14/h2,5-6,13-14,20H,3-4,7-12H2,1H3. The topological polar surface area (TPSA) is 32.3 Å². The van der Waals surface area contributed by atoms with Crippen LogP contribution in [0.2, 0.25) is 0 Å². The minimum Gasteiger partial charge on any atom is -0.338 e. The van der Waals surface area contributed by atoms with Gasteiger partial charge in [0.05, 0.1) is 5.56 Å². The average molecular weight is 304 g/mol. The highest BCUT2D eigenvalue weighted by Crippen LogP contribution is 2.29. The summed E-state index contributed by atoms with van der Waals surface area (Å²) in [6.07, 6.45) is 4.05. The van der Waals surface area contributed by atoms with Crippen LogP contribution >= 0.6 is 0 Å². The molecule has 4 heteroatoms. The molecule has 1 N–H and O–H groups in total. The normalized spacial score (nSPS) is 23.5. The van der Waals surface area contributed by atoms with Crippen LogP contribution < -0.4 is 5.32 Å². The summed E-state index contributed by atoms with van der Waals surface area (Å²) < 4.78 is 14.9. The molecule has 3 nitrogen and oxygen atoms in total. The fourth-order valence-electron chi connectivity index (χ4n) is 3.71. The van der Waals surface area contributed by atoms with Gasteiger partial charge >= 0.3 is 0 Å². The molecule has 2 aliphatic heterocycles. The van der Waals surface area contributed by atoms with Crippen LogP contribution in [0.4, 0.5) is 4.39 Å². The molecule has 0 spiro atoms. The molecule has 1 unspecified atom stereocenters. The Hall–Kier alpha value is -1.42. The van der Waals surface area contributed by atoms with Crippen LogP contribution in [0.3, 0.4) is 0 Å². The third-order valence-corrected chi connectivity index (χ3v) is 4.98. The van der Waals surface area contributed by atoms with Gasteiger partial charge in [-0.05, 0) is 62.2 Å². The van der Waals surface area contributed by atoms with Crippen LogP contribution in [-0.4, -0.2) is 37.0 Å². The van der Waals surface area contributed by atoms with E-state index >= 15 is 0 Å². The third kappa shape index (κ3) is 3.17. The van der Waals surface area contributed by atoms with Crippen molar-refractivity contribution in [2.75, 3.05) is 26.2 Å². The van der Waals surface area contributed by atoms with E-state index in [0.29, 0.717) is 5.92 Å². The summed E-state index contributed by atoms with van der Waals surface area (Å²) in [5.41, 5.74) is 0.975. The Balaban J connectivity index is 1.82. The summed E-state index contributed by atoms with van der Waals surface area (Å²) in [5.74, 6) is 0.306. The molecule has 2 saturated heterocycles. The number of hydrogen-bond acceptors (Lipinski definition) is 2. The Bertz CT molecular complexity index is 540. The van der Waals surface area contributed by atoms with Crippen molar-refractivity contribution in [2.24, 2.45) is 5.92 Å². The Kier molecular flexibility index (Phi) is 4.77. The number of nitrogens with one attached hydrogen (secondary N) is 1. The first-order chi connectivity index (χ1) is 10.7. The van der Waals surface area contributed by atoms with Crippen LogP contribution in [0.5, 0.6) is 0 Å². The molecule has 0 aromatic heterocycles. The van der Waals surface area contributed by atoms with Gasteiger partial charge in [-0.2, -0.15) is 0 Å². The first-order valence-corrected chi connectivity index (χ1v) is 8.45. The molecule has 3 rings (SSSR count). The largest absolute Gasteiger partial charge is 0.338 e. The highest BCUT2D eigenvalue weighted by atomic mass is 19.1. The van der Waals surface area contributed by atoms with Gasteiger partial charge in [0.1, 0.15) is 5.82 Å². The summed E-state index contributed by atoms with van der Waals surface area (Å²) in [6.45, 7) is 5.50. The second-order valence-electron chi connectivity index (χ2n) is 6.73. The predicted molar refractivity (Wildman–Crippen MR) is 85.5 cm³/mol. The maximum atomic E-state index is 14.9. The van der Waals surface area contributed by atoms with E-state index in [-0.39, 0.29) is 23.2 Å². The number of carbonyl (C=O) groups excluding carboxylic acids is 1. The average Bonchev–Trinajstić information content (AvgIpc) is 2.55. The number of piperidine rings is 2. The fourth-order valence-corrected chi connectivity index (χ4v) is 3.71. The molecule has 0 aliphatic carbocycles. The van der Waals surface area contributed by atoms with E-state index in [2.05, 4.69) is 12.2 Å². The van der Waals surface area contributed by atoms with Crippen LogP contribution in [0, 0.1) is 11.7 Å². The van der Waals surface area contributed by atoms with Crippen molar-refractivity contribution in [1.82, 2.24) is 10.2 Å². The van der Waals surface area contributed by atoms with Crippen molar-refractivity contribution < 1.29 is 9.18 Å². The smallest absolute Gasteiger partial charge is 0.256 e. The Labute approximate surface area is 131 Å². The predicted octanol–water partition coefficient (Wildman–Crippen LogP) is 3.16. The molecular weight excluding hydrogens is 279 g/mol. The summed E-state index contributed by atoms with van der Waals surface area (Å²) >= 11 is 0. The van der Waals surface area contributed by atoms with E-state index in [4.69, 9.17) is 0 Å². The van der Waals surface area contributed by atoms with E-state index in [1.165, 1.54) is 0 Å². The molecule has 0 radical (unpaired) electrons. The van der Waals surface area contributed by atoms with Gasteiger partial charge in [0.25, 0.3) is 5.91 Å². The Morgan fingerprint density at radius 3 is 2.77 bits per heavy atom. The zero-order chi connectivity index (χ0) is 15.5. The van der Waals surface area contributed by atoms with Crippen molar-refractivity contribution >= 4 is 5.91 Å². The minimum atomic E-state index is -0.294. The van der Waals surface area contributed by atoms with Crippen LogP contribution in [-0.2, 0) is 0 Å². The molecule has 1 aromatic carbocycles. The van der Waals surface area contributed by atoms with E-state index < -0.39 is 0 Å². The van der Waals surface area contributed by atoms with Gasteiger partial charge in [0, 0.05) is 13.1 Å². The first-order valence-electron chi connectivity index (χ1n) is 8.45. The summed E-state index contributed by atoms with van der Waals surface area (Å²) in [5, 5.41) is 3.30. The van der Waals surface area contributed by atoms with Crippen molar-refractivity contribution in [2.45, 2.75) is 38.5 Å². The molecule has 1 atom stereocenters. The molecule has 2 fully saturated rings. The van der Waals surface area contributed by atoms with Gasteiger partial charge in [0.15, 0.2) is 0 Å². The van der Waals surface area contributed by atoms with E-state index in [1.807, 2.05) is 17.0 Å². The molecule has 1 amide bonds. The van der Waals surface area contributed by atoms with Crippen molar-refractivity contribution in [3.8, 4) is 0 Å². The fraction of sp³-hybridized carbons (Fsp3) is 0.611. The number of nitrogens with zero attached hydrogens (tertiary/aromatic N) is 1. The number of likely N-dealkylation sites (tertiary alicyclic amines) is 1. The molecule has 2 aliphatic rings. The van der Waals surface area contributed by atoms with E-state index in [1.54, 1.807) is 6.07 Å². The Morgan fingerprint density at radius 2 is 2.05 bits per heavy atom. The van der Waals surface area contributed by atoms with Crippen molar-refractivity contribution in [3.63, 3.8) is 0 Å². The lowest BCUT2D eigenvalue weighted by Crippen LogP contribution is -2.39. The quantitative estimate of drug-likeness (QED) is 0.910. The lowest BCUT2D eigenvalue weighted by atomic mass is 9.88. The number of halogens is 1. The van der Waals surface area contributed by atoms with Gasteiger partial charge < -0.3 is 10.2 Å². The lowest BCUT2D eigenvalue weighted by Gasteiger charge is -2.31. The maximum absolute atomic E-state index is 14.9. The van der Waals surface area contributed by atoms with E-state index in [9.17, 15) is 9.18 Å². The van der Waals surface area contributed by atoms with E-state index in [0.717, 1.165) is 57.4 Å². The summed E-state index contributed by atoms with van der Waals surface area (Å²) in [4.78, 5) is 14.5. The van der Waals surface area contributed by atoms with Crippen molar-refractivity contribution in [1.29, 1.82) is 0 Å². The first kappa shape index (κ1) is 15.5. The zero-order valence-electron chi connectivity index (χ0n) is 13.3. The number of rotatable bonds is 2. The minimum absolute atomic E-state index is 0.139. The van der Waals surface area contributed by atoms with Gasteiger partial charge in [0.2, 0.25) is 0 Å². The molecule has 2 heterocycles. The summed E-state index contributed by atoms with van der Waals surface area (Å²) in [6, 6.07) is 5.32. The summed E-state index contributed by atoms with van der Waals surface area (Å²) in [7, 11) is 0. The molecule has 22 heavy (non-hydrogen) atoms. The number of carbonyl (C=O) groups is 1. The number of benzene rings is 1. The highest BCUT2D eigenvalue weighted by Gasteiger charge is 2.27. The van der Waals surface area contributed by atoms with Gasteiger partial charge in [-0.25, -0.2) is 4.39 Å². The van der Waals surface area contributed by atoms with Gasteiger partial charge in [-0.15, -0.1) is 0 Å². The highest BCUT2D eigenvalue weighted by molar-refractivity contribution is 5.94. The van der Waals surface area contributed by atoms with Crippen molar-refractivity contribution in [3.05, 3.63) is 35.1 Å². The molecule has 0 saturated carbocycles. The molecule has 120 valence electrons. The second kappa shape index (κ2) is 6.78. The van der Waals surface area contributed by atoms with Crippen LogP contribution in [0.1, 0.15) is 54.4 Å². The zero-order valence-corrected chi connectivity index (χ0v) is 13.3. The second-order valence-corrected chi connectivity index (χ2v) is 6.73. The molecular formula is C18H25FN2O. The van der Waals surface area contributed by atoms with Crippen LogP contribution in [0.25, 0.3) is 0 Å². The Morgan fingerprint density at radius 1 is 1.27 bits per heavy atom. The third-order valence-electron chi connectivity index (χ3n) is 4.98. The van der Waals surface area contributed by atoms with Gasteiger partial charge in [-0.3, -0.25) is 4.79 Å². The van der Waals surface area contributed by atoms with Crippen LogP contribution in [0.15, 0.2) is 18.2 Å². The van der Waals surface area contributed by atoms with Gasteiger partial charge in [-0.1, -0.05) is 19.1 Å². The SMILES string of the molecule is CC1CCCN(C(=O)c2cccc(C3CCNCC3)c2F)C1. The number of amides is 1.